The first-order chi connectivity index (χ1) is 6.88. The summed E-state index contributed by atoms with van der Waals surface area (Å²) in [5.74, 6) is 0.627. The minimum Gasteiger partial charge on any atom is -0.489 e. The first-order valence-corrected chi connectivity index (χ1v) is 5.38. The van der Waals surface area contributed by atoms with Crippen LogP contribution >= 0.6 is 15.9 Å². The molecule has 0 N–H and O–H groups in total. The molecule has 0 saturated heterocycles. The number of halogens is 1. The number of benzene rings is 1. The van der Waals surface area contributed by atoms with Gasteiger partial charge in [0.25, 0.3) is 0 Å². The molecule has 0 fully saturated rings. The monoisotopic (exact) mass is 254 g/mol. The van der Waals surface area contributed by atoms with E-state index in [0.29, 0.717) is 17.9 Å². The van der Waals surface area contributed by atoms with Gasteiger partial charge in [-0.05, 0) is 12.1 Å². The third kappa shape index (κ3) is 3.34. The average molecular weight is 255 g/mol. The molecular formula is C11H11BrO2. The standard InChI is InChI=1S/C11H11BrO2/c12-7-3-4-8-14-11-6-2-1-5-10(11)9-13/h1-6,9H,7-8H2/b4-3+. The van der Waals surface area contributed by atoms with Gasteiger partial charge in [-0.2, -0.15) is 0 Å². The van der Waals surface area contributed by atoms with Crippen LogP contribution in [0.3, 0.4) is 0 Å². The van der Waals surface area contributed by atoms with Gasteiger partial charge in [-0.3, -0.25) is 4.79 Å². The Morgan fingerprint density at radius 1 is 1.29 bits per heavy atom. The maximum Gasteiger partial charge on any atom is 0.153 e. The second-order valence-electron chi connectivity index (χ2n) is 2.59. The Labute approximate surface area is 91.7 Å². The van der Waals surface area contributed by atoms with E-state index in [4.69, 9.17) is 4.74 Å². The summed E-state index contributed by atoms with van der Waals surface area (Å²) in [5.41, 5.74) is 0.583. The summed E-state index contributed by atoms with van der Waals surface area (Å²) >= 11 is 3.27. The molecule has 14 heavy (non-hydrogen) atoms. The van der Waals surface area contributed by atoms with Crippen molar-refractivity contribution >= 4 is 22.2 Å². The predicted molar refractivity (Wildman–Crippen MR) is 60.3 cm³/mol. The van der Waals surface area contributed by atoms with Gasteiger partial charge in [0.2, 0.25) is 0 Å². The zero-order valence-corrected chi connectivity index (χ0v) is 9.24. The van der Waals surface area contributed by atoms with Gasteiger partial charge in [-0.1, -0.05) is 40.2 Å². The van der Waals surface area contributed by atoms with E-state index in [2.05, 4.69) is 15.9 Å². The lowest BCUT2D eigenvalue weighted by molar-refractivity contribution is 0.112. The van der Waals surface area contributed by atoms with E-state index < -0.39 is 0 Å². The summed E-state index contributed by atoms with van der Waals surface area (Å²) in [4.78, 5) is 10.6. The predicted octanol–water partition coefficient (Wildman–Crippen LogP) is 2.83. The van der Waals surface area contributed by atoms with E-state index in [1.165, 1.54) is 0 Å². The van der Waals surface area contributed by atoms with Crippen LogP contribution in [0.2, 0.25) is 0 Å². The smallest absolute Gasteiger partial charge is 0.153 e. The summed E-state index contributed by atoms with van der Waals surface area (Å²) in [5, 5.41) is 0.811. The molecule has 2 nitrogen and oxygen atoms in total. The molecule has 0 aliphatic carbocycles. The van der Waals surface area contributed by atoms with Gasteiger partial charge in [0.1, 0.15) is 12.4 Å². The fraction of sp³-hybridized carbons (Fsp3) is 0.182. The van der Waals surface area contributed by atoms with Crippen molar-refractivity contribution in [2.45, 2.75) is 0 Å². The zero-order valence-electron chi connectivity index (χ0n) is 7.65. The molecule has 0 atom stereocenters. The zero-order chi connectivity index (χ0) is 10.2. The van der Waals surface area contributed by atoms with Crippen LogP contribution in [-0.4, -0.2) is 18.2 Å². The van der Waals surface area contributed by atoms with Gasteiger partial charge < -0.3 is 4.74 Å². The lowest BCUT2D eigenvalue weighted by atomic mass is 10.2. The highest BCUT2D eigenvalue weighted by Gasteiger charge is 1.98. The van der Waals surface area contributed by atoms with Crippen LogP contribution in [0.15, 0.2) is 36.4 Å². The van der Waals surface area contributed by atoms with Crippen molar-refractivity contribution in [1.29, 1.82) is 0 Å². The lowest BCUT2D eigenvalue weighted by Gasteiger charge is -2.04. The maximum atomic E-state index is 10.6. The van der Waals surface area contributed by atoms with Gasteiger partial charge in [0.15, 0.2) is 6.29 Å². The molecule has 0 aliphatic heterocycles. The maximum absolute atomic E-state index is 10.6. The number of ether oxygens (including phenoxy) is 1. The van der Waals surface area contributed by atoms with Gasteiger partial charge in [0.05, 0.1) is 5.56 Å². The van der Waals surface area contributed by atoms with Crippen molar-refractivity contribution in [2.75, 3.05) is 11.9 Å². The number of aldehydes is 1. The van der Waals surface area contributed by atoms with Crippen molar-refractivity contribution in [3.8, 4) is 5.75 Å². The summed E-state index contributed by atoms with van der Waals surface area (Å²) in [7, 11) is 0. The normalized spacial score (nSPS) is 10.4. The quantitative estimate of drug-likeness (QED) is 0.459. The van der Waals surface area contributed by atoms with Crippen LogP contribution in [-0.2, 0) is 0 Å². The Bertz CT molecular complexity index is 321. The molecule has 0 saturated carbocycles. The molecule has 1 rings (SSSR count). The molecule has 0 spiro atoms. The third-order valence-corrected chi connectivity index (χ3v) is 2.01. The van der Waals surface area contributed by atoms with E-state index in [-0.39, 0.29) is 0 Å². The molecule has 0 aromatic heterocycles. The van der Waals surface area contributed by atoms with Crippen molar-refractivity contribution in [2.24, 2.45) is 0 Å². The van der Waals surface area contributed by atoms with Crippen LogP contribution in [0.25, 0.3) is 0 Å². The second-order valence-corrected chi connectivity index (χ2v) is 3.24. The molecular weight excluding hydrogens is 244 g/mol. The number of para-hydroxylation sites is 1. The van der Waals surface area contributed by atoms with E-state index in [0.717, 1.165) is 11.6 Å². The molecule has 0 bridgehead atoms. The fourth-order valence-corrected chi connectivity index (χ4v) is 1.24. The van der Waals surface area contributed by atoms with Crippen LogP contribution in [0.4, 0.5) is 0 Å². The molecule has 3 heteroatoms. The summed E-state index contributed by atoms with van der Waals surface area (Å²) in [6.07, 6.45) is 4.64. The number of carbonyl (C=O) groups excluding carboxylic acids is 1. The summed E-state index contributed by atoms with van der Waals surface area (Å²) < 4.78 is 5.39. The average Bonchev–Trinajstić information content (AvgIpc) is 2.25. The number of hydrogen-bond donors (Lipinski definition) is 0. The number of alkyl halides is 1. The van der Waals surface area contributed by atoms with E-state index in [1.54, 1.807) is 12.1 Å². The Morgan fingerprint density at radius 2 is 2.07 bits per heavy atom. The Morgan fingerprint density at radius 3 is 2.79 bits per heavy atom. The molecule has 1 aromatic carbocycles. The van der Waals surface area contributed by atoms with Crippen molar-refractivity contribution in [3.05, 3.63) is 42.0 Å². The van der Waals surface area contributed by atoms with Crippen molar-refractivity contribution in [3.63, 3.8) is 0 Å². The molecule has 1 aromatic rings. The van der Waals surface area contributed by atoms with Gasteiger partial charge in [0, 0.05) is 5.33 Å². The third-order valence-electron chi connectivity index (χ3n) is 1.64. The van der Waals surface area contributed by atoms with E-state index >= 15 is 0 Å². The Balaban J connectivity index is 2.57. The Kier molecular flexibility index (Phi) is 5.00. The molecule has 74 valence electrons. The second kappa shape index (κ2) is 6.38. The van der Waals surface area contributed by atoms with Crippen LogP contribution in [0, 0.1) is 0 Å². The van der Waals surface area contributed by atoms with Gasteiger partial charge >= 0.3 is 0 Å². The van der Waals surface area contributed by atoms with E-state index in [9.17, 15) is 4.79 Å². The first kappa shape index (κ1) is 11.0. The Hall–Kier alpha value is -1.09. The van der Waals surface area contributed by atoms with Crippen LogP contribution in [0.1, 0.15) is 10.4 Å². The minimum atomic E-state index is 0.483. The topological polar surface area (TPSA) is 26.3 Å². The number of rotatable bonds is 5. The van der Waals surface area contributed by atoms with Crippen molar-refractivity contribution < 1.29 is 9.53 Å². The first-order valence-electron chi connectivity index (χ1n) is 4.26. The fourth-order valence-electron chi connectivity index (χ4n) is 0.978. The highest BCUT2D eigenvalue weighted by atomic mass is 79.9. The molecule has 0 radical (unpaired) electrons. The van der Waals surface area contributed by atoms with E-state index in [1.807, 2.05) is 24.3 Å². The molecule has 0 unspecified atom stereocenters. The number of allylic oxidation sites excluding steroid dienone is 1. The molecule has 0 aliphatic rings. The van der Waals surface area contributed by atoms with Crippen LogP contribution in [0.5, 0.6) is 5.75 Å². The summed E-state index contributed by atoms with van der Waals surface area (Å²) in [6.45, 7) is 0.483. The minimum absolute atomic E-state index is 0.483. The highest BCUT2D eigenvalue weighted by molar-refractivity contribution is 9.09. The van der Waals surface area contributed by atoms with Crippen LogP contribution < -0.4 is 4.74 Å². The number of hydrogen-bond acceptors (Lipinski definition) is 2. The highest BCUT2D eigenvalue weighted by Crippen LogP contribution is 2.15. The summed E-state index contributed by atoms with van der Waals surface area (Å²) in [6, 6.07) is 7.17. The van der Waals surface area contributed by atoms with Crippen molar-refractivity contribution in [1.82, 2.24) is 0 Å². The largest absolute Gasteiger partial charge is 0.489 e. The molecule has 0 amide bonds. The molecule has 0 heterocycles. The SMILES string of the molecule is O=Cc1ccccc1OC/C=C/CBr. The lowest BCUT2D eigenvalue weighted by Crippen LogP contribution is -1.96. The van der Waals surface area contributed by atoms with Gasteiger partial charge in [-0.15, -0.1) is 0 Å². The number of carbonyl (C=O) groups is 1. The van der Waals surface area contributed by atoms with Gasteiger partial charge in [-0.25, -0.2) is 0 Å².